The van der Waals surface area contributed by atoms with E-state index in [0.717, 1.165) is 19.4 Å². The number of carbonyl (C=O) groups is 1. The van der Waals surface area contributed by atoms with Crippen LogP contribution in [0.1, 0.15) is 12.8 Å². The highest BCUT2D eigenvalue weighted by molar-refractivity contribution is 6.31. The van der Waals surface area contributed by atoms with E-state index in [4.69, 9.17) is 11.6 Å². The lowest BCUT2D eigenvalue weighted by molar-refractivity contribution is -0.383. The fourth-order valence-corrected chi connectivity index (χ4v) is 2.07. The van der Waals surface area contributed by atoms with E-state index in [1.807, 2.05) is 0 Å². The minimum absolute atomic E-state index is 0.131. The van der Waals surface area contributed by atoms with E-state index >= 15 is 0 Å². The normalized spacial score (nSPS) is 18.6. The summed E-state index contributed by atoms with van der Waals surface area (Å²) < 4.78 is 0. The first-order chi connectivity index (χ1) is 8.58. The molecule has 1 unspecified atom stereocenters. The summed E-state index contributed by atoms with van der Waals surface area (Å²) in [6, 6.07) is 3.79. The van der Waals surface area contributed by atoms with Crippen LogP contribution >= 0.6 is 11.6 Å². The molecular formula is C11H12ClN3O3. The lowest BCUT2D eigenvalue weighted by atomic mass is 10.2. The molecule has 7 heteroatoms. The number of halogens is 1. The zero-order valence-electron chi connectivity index (χ0n) is 9.48. The summed E-state index contributed by atoms with van der Waals surface area (Å²) in [6.45, 7) is 0.787. The van der Waals surface area contributed by atoms with Crippen LogP contribution < -0.4 is 10.6 Å². The number of amides is 1. The number of anilines is 1. The third kappa shape index (κ3) is 2.77. The molecule has 1 fully saturated rings. The first-order valence-electron chi connectivity index (χ1n) is 5.56. The summed E-state index contributed by atoms with van der Waals surface area (Å²) in [5.41, 5.74) is -0.0306. The number of rotatable bonds is 3. The first kappa shape index (κ1) is 12.8. The zero-order chi connectivity index (χ0) is 13.1. The van der Waals surface area contributed by atoms with Gasteiger partial charge in [-0.1, -0.05) is 11.6 Å². The van der Waals surface area contributed by atoms with Crippen LogP contribution in [0.2, 0.25) is 5.02 Å². The molecule has 2 N–H and O–H groups in total. The molecule has 0 spiro atoms. The number of nitro benzene ring substituents is 1. The van der Waals surface area contributed by atoms with Crippen molar-refractivity contribution in [1.29, 1.82) is 0 Å². The molecule has 0 saturated carbocycles. The molecule has 1 atom stereocenters. The minimum Gasteiger partial charge on any atom is -0.319 e. The van der Waals surface area contributed by atoms with Gasteiger partial charge in [0.05, 0.1) is 11.0 Å². The standard InChI is InChI=1S/C11H12ClN3O3/c12-7-3-4-10(15(17)18)9(6-7)14-11(16)8-2-1-5-13-8/h3-4,6,8,13H,1-2,5H2,(H,14,16). The van der Waals surface area contributed by atoms with E-state index in [-0.39, 0.29) is 23.3 Å². The van der Waals surface area contributed by atoms with Crippen molar-refractivity contribution in [2.24, 2.45) is 0 Å². The molecule has 18 heavy (non-hydrogen) atoms. The number of hydrogen-bond acceptors (Lipinski definition) is 4. The lowest BCUT2D eigenvalue weighted by Crippen LogP contribution is -2.35. The van der Waals surface area contributed by atoms with E-state index in [2.05, 4.69) is 10.6 Å². The Morgan fingerprint density at radius 2 is 2.33 bits per heavy atom. The summed E-state index contributed by atoms with van der Waals surface area (Å²) in [6.07, 6.45) is 1.66. The Hall–Kier alpha value is -1.66. The number of benzene rings is 1. The Labute approximate surface area is 108 Å². The molecule has 2 rings (SSSR count). The van der Waals surface area contributed by atoms with Crippen molar-refractivity contribution in [3.8, 4) is 0 Å². The Kier molecular flexibility index (Phi) is 3.78. The summed E-state index contributed by atoms with van der Waals surface area (Å²) in [7, 11) is 0. The van der Waals surface area contributed by atoms with Crippen LogP contribution in [-0.2, 0) is 4.79 Å². The number of nitro groups is 1. The molecular weight excluding hydrogens is 258 g/mol. The maximum absolute atomic E-state index is 11.9. The minimum atomic E-state index is -0.548. The molecule has 0 aromatic heterocycles. The molecule has 0 radical (unpaired) electrons. The van der Waals surface area contributed by atoms with E-state index in [9.17, 15) is 14.9 Å². The molecule has 1 aliphatic rings. The number of nitrogens with one attached hydrogen (secondary N) is 2. The fraction of sp³-hybridized carbons (Fsp3) is 0.364. The first-order valence-corrected chi connectivity index (χ1v) is 5.94. The van der Waals surface area contributed by atoms with Crippen LogP contribution in [-0.4, -0.2) is 23.4 Å². The van der Waals surface area contributed by atoms with Crippen LogP contribution in [0.3, 0.4) is 0 Å². The van der Waals surface area contributed by atoms with Gasteiger partial charge in [-0.05, 0) is 31.5 Å². The third-order valence-electron chi connectivity index (χ3n) is 2.79. The van der Waals surface area contributed by atoms with Crippen LogP contribution in [0.25, 0.3) is 0 Å². The van der Waals surface area contributed by atoms with Crippen molar-refractivity contribution < 1.29 is 9.72 Å². The van der Waals surface area contributed by atoms with Gasteiger partial charge in [0, 0.05) is 11.1 Å². The second-order valence-electron chi connectivity index (χ2n) is 4.06. The van der Waals surface area contributed by atoms with Gasteiger partial charge in [-0.25, -0.2) is 0 Å². The monoisotopic (exact) mass is 269 g/mol. The average Bonchev–Trinajstić information content (AvgIpc) is 2.81. The summed E-state index contributed by atoms with van der Waals surface area (Å²) in [5.74, 6) is -0.266. The van der Waals surface area contributed by atoms with Crippen molar-refractivity contribution in [1.82, 2.24) is 5.32 Å². The largest absolute Gasteiger partial charge is 0.319 e. The molecule has 0 aliphatic carbocycles. The number of nitrogens with zero attached hydrogens (tertiary/aromatic N) is 1. The van der Waals surface area contributed by atoms with Gasteiger partial charge in [0.25, 0.3) is 5.69 Å². The van der Waals surface area contributed by atoms with Crippen molar-refractivity contribution in [2.45, 2.75) is 18.9 Å². The van der Waals surface area contributed by atoms with Gasteiger partial charge < -0.3 is 10.6 Å². The maximum atomic E-state index is 11.9. The maximum Gasteiger partial charge on any atom is 0.292 e. The van der Waals surface area contributed by atoms with Gasteiger partial charge in [-0.3, -0.25) is 14.9 Å². The molecule has 1 aromatic carbocycles. The topological polar surface area (TPSA) is 84.3 Å². The molecule has 6 nitrogen and oxygen atoms in total. The number of carbonyl (C=O) groups excluding carboxylic acids is 1. The Bertz CT molecular complexity index is 486. The number of hydrogen-bond donors (Lipinski definition) is 2. The van der Waals surface area contributed by atoms with Crippen LogP contribution in [0.5, 0.6) is 0 Å². The second-order valence-corrected chi connectivity index (χ2v) is 4.49. The molecule has 1 heterocycles. The van der Waals surface area contributed by atoms with Gasteiger partial charge in [0.15, 0.2) is 0 Å². The summed E-state index contributed by atoms with van der Waals surface area (Å²) in [5, 5.41) is 16.7. The van der Waals surface area contributed by atoms with Crippen molar-refractivity contribution in [2.75, 3.05) is 11.9 Å². The van der Waals surface area contributed by atoms with Crippen molar-refractivity contribution in [3.63, 3.8) is 0 Å². The highest BCUT2D eigenvalue weighted by Gasteiger charge is 2.24. The average molecular weight is 270 g/mol. The smallest absolute Gasteiger partial charge is 0.292 e. The Balaban J connectivity index is 2.19. The van der Waals surface area contributed by atoms with Crippen molar-refractivity contribution >= 4 is 28.9 Å². The fourth-order valence-electron chi connectivity index (χ4n) is 1.90. The zero-order valence-corrected chi connectivity index (χ0v) is 10.2. The molecule has 0 bridgehead atoms. The Morgan fingerprint density at radius 1 is 1.56 bits per heavy atom. The van der Waals surface area contributed by atoms with Crippen LogP contribution in [0.4, 0.5) is 11.4 Å². The SMILES string of the molecule is O=C(Nc1cc(Cl)ccc1[N+](=O)[O-])C1CCCN1. The quantitative estimate of drug-likeness (QED) is 0.649. The highest BCUT2D eigenvalue weighted by atomic mass is 35.5. The highest BCUT2D eigenvalue weighted by Crippen LogP contribution is 2.28. The third-order valence-corrected chi connectivity index (χ3v) is 3.03. The second kappa shape index (κ2) is 5.32. The predicted molar refractivity (Wildman–Crippen MR) is 67.8 cm³/mol. The predicted octanol–water partition coefficient (Wildman–Crippen LogP) is 1.94. The molecule has 1 aliphatic heterocycles. The van der Waals surface area contributed by atoms with Gasteiger partial charge in [-0.15, -0.1) is 0 Å². The molecule has 1 aromatic rings. The molecule has 1 amide bonds. The molecule has 96 valence electrons. The van der Waals surface area contributed by atoms with Crippen LogP contribution in [0.15, 0.2) is 18.2 Å². The Morgan fingerprint density at radius 3 is 2.94 bits per heavy atom. The summed E-state index contributed by atoms with van der Waals surface area (Å²) in [4.78, 5) is 22.1. The van der Waals surface area contributed by atoms with Crippen LogP contribution in [0, 0.1) is 10.1 Å². The van der Waals surface area contributed by atoms with Gasteiger partial charge in [-0.2, -0.15) is 0 Å². The van der Waals surface area contributed by atoms with E-state index in [1.54, 1.807) is 0 Å². The summed E-state index contributed by atoms with van der Waals surface area (Å²) >= 11 is 5.78. The van der Waals surface area contributed by atoms with E-state index in [1.165, 1.54) is 18.2 Å². The van der Waals surface area contributed by atoms with Crippen molar-refractivity contribution in [3.05, 3.63) is 33.3 Å². The van der Waals surface area contributed by atoms with E-state index in [0.29, 0.717) is 5.02 Å². The lowest BCUT2D eigenvalue weighted by Gasteiger charge is -2.11. The molecule has 1 saturated heterocycles. The van der Waals surface area contributed by atoms with Gasteiger partial charge in [0.2, 0.25) is 5.91 Å². The van der Waals surface area contributed by atoms with Gasteiger partial charge >= 0.3 is 0 Å². The van der Waals surface area contributed by atoms with E-state index < -0.39 is 4.92 Å². The van der Waals surface area contributed by atoms with Gasteiger partial charge in [0.1, 0.15) is 5.69 Å².